The van der Waals surface area contributed by atoms with E-state index in [1.165, 1.54) is 5.56 Å². The van der Waals surface area contributed by atoms with Gasteiger partial charge in [0, 0.05) is 32.5 Å². The van der Waals surface area contributed by atoms with Gasteiger partial charge in [0.2, 0.25) is 0 Å². The Morgan fingerprint density at radius 2 is 2.38 bits per heavy atom. The Morgan fingerprint density at radius 3 is 2.94 bits per heavy atom. The van der Waals surface area contributed by atoms with Crippen molar-refractivity contribution in [2.75, 3.05) is 13.2 Å². The molecule has 16 heavy (non-hydrogen) atoms. The van der Waals surface area contributed by atoms with E-state index in [4.69, 9.17) is 10.6 Å². The minimum absolute atomic E-state index is 0.312. The number of aromatic nitrogens is 2. The number of hydrogen-bond donors (Lipinski definition) is 2. The number of nitrogens with two attached hydrogens (primary N) is 1. The second-order valence-corrected chi connectivity index (χ2v) is 3.91. The smallest absolute Gasteiger partial charge is 0.0521 e. The quantitative estimate of drug-likeness (QED) is 0.387. The largest absolute Gasteiger partial charge is 0.382 e. The number of aryl methyl sites for hydroxylation is 2. The van der Waals surface area contributed by atoms with Gasteiger partial charge in [0.05, 0.1) is 6.20 Å². The molecular formula is C11H22N4O. The molecular weight excluding hydrogens is 204 g/mol. The van der Waals surface area contributed by atoms with E-state index >= 15 is 0 Å². The van der Waals surface area contributed by atoms with E-state index in [0.717, 1.165) is 32.5 Å². The number of nitrogens with zero attached hydrogens (tertiary/aromatic N) is 2. The van der Waals surface area contributed by atoms with Crippen molar-refractivity contribution >= 4 is 0 Å². The van der Waals surface area contributed by atoms with Crippen LogP contribution in [0.1, 0.15) is 25.3 Å². The molecule has 1 unspecified atom stereocenters. The second kappa shape index (κ2) is 7.38. The highest BCUT2D eigenvalue weighted by Crippen LogP contribution is 2.06. The lowest BCUT2D eigenvalue weighted by molar-refractivity contribution is 0.135. The molecule has 0 aromatic carbocycles. The summed E-state index contributed by atoms with van der Waals surface area (Å²) in [6.07, 6.45) is 6.89. The molecule has 92 valence electrons. The van der Waals surface area contributed by atoms with Crippen molar-refractivity contribution in [3.05, 3.63) is 18.0 Å². The number of nitrogens with one attached hydrogen (secondary N) is 1. The number of ether oxygens (including phenoxy) is 1. The zero-order valence-corrected chi connectivity index (χ0v) is 10.1. The molecule has 0 amide bonds. The Morgan fingerprint density at radius 1 is 1.56 bits per heavy atom. The molecule has 5 heteroatoms. The van der Waals surface area contributed by atoms with Crippen LogP contribution in [-0.4, -0.2) is 29.0 Å². The maximum Gasteiger partial charge on any atom is 0.0521 e. The fourth-order valence-electron chi connectivity index (χ4n) is 1.62. The standard InChI is InChI=1S/C11H22N4O/c1-3-16-7-6-11(14-12)5-4-10-8-13-15(2)9-10/h8-9,11,14H,3-7,12H2,1-2H3. The third-order valence-corrected chi connectivity index (χ3v) is 2.59. The molecule has 1 aromatic heterocycles. The third kappa shape index (κ3) is 4.74. The molecule has 1 aromatic rings. The maximum atomic E-state index is 5.50. The van der Waals surface area contributed by atoms with Gasteiger partial charge in [-0.15, -0.1) is 0 Å². The molecule has 0 aliphatic carbocycles. The van der Waals surface area contributed by atoms with E-state index in [9.17, 15) is 0 Å². The summed E-state index contributed by atoms with van der Waals surface area (Å²) in [6, 6.07) is 0.312. The van der Waals surface area contributed by atoms with Crippen LogP contribution in [0, 0.1) is 0 Å². The Labute approximate surface area is 96.9 Å². The summed E-state index contributed by atoms with van der Waals surface area (Å²) in [6.45, 7) is 3.53. The first-order chi connectivity index (χ1) is 7.76. The van der Waals surface area contributed by atoms with Crippen LogP contribution in [0.4, 0.5) is 0 Å². The summed E-state index contributed by atoms with van der Waals surface area (Å²) < 4.78 is 7.13. The van der Waals surface area contributed by atoms with Gasteiger partial charge < -0.3 is 4.74 Å². The lowest BCUT2D eigenvalue weighted by Gasteiger charge is -2.14. The molecule has 0 spiro atoms. The van der Waals surface area contributed by atoms with Crippen molar-refractivity contribution in [3.8, 4) is 0 Å². The average Bonchev–Trinajstić information content (AvgIpc) is 2.69. The molecule has 0 fully saturated rings. The van der Waals surface area contributed by atoms with Crippen LogP contribution in [0.3, 0.4) is 0 Å². The third-order valence-electron chi connectivity index (χ3n) is 2.59. The molecule has 0 saturated carbocycles. The van der Waals surface area contributed by atoms with Crippen LogP contribution in [0.2, 0.25) is 0 Å². The van der Waals surface area contributed by atoms with Gasteiger partial charge in [-0.1, -0.05) is 0 Å². The van der Waals surface area contributed by atoms with Crippen LogP contribution < -0.4 is 11.3 Å². The molecule has 1 atom stereocenters. The maximum absolute atomic E-state index is 5.50. The minimum atomic E-state index is 0.312. The highest BCUT2D eigenvalue weighted by atomic mass is 16.5. The summed E-state index contributed by atoms with van der Waals surface area (Å²) in [5.74, 6) is 5.50. The molecule has 1 heterocycles. The normalized spacial score (nSPS) is 12.9. The van der Waals surface area contributed by atoms with Crippen LogP contribution in [0.15, 0.2) is 12.4 Å². The monoisotopic (exact) mass is 226 g/mol. The van der Waals surface area contributed by atoms with E-state index in [1.54, 1.807) is 0 Å². The molecule has 3 N–H and O–H groups in total. The predicted octanol–water partition coefficient (Wildman–Crippen LogP) is 0.611. The second-order valence-electron chi connectivity index (χ2n) is 3.91. The first-order valence-corrected chi connectivity index (χ1v) is 5.77. The number of hydrogen-bond acceptors (Lipinski definition) is 4. The lowest BCUT2D eigenvalue weighted by atomic mass is 10.1. The van der Waals surface area contributed by atoms with Crippen molar-refractivity contribution in [3.63, 3.8) is 0 Å². The Hall–Kier alpha value is -0.910. The summed E-state index contributed by atoms with van der Waals surface area (Å²) in [5.41, 5.74) is 4.08. The predicted molar refractivity (Wildman–Crippen MR) is 63.8 cm³/mol. The van der Waals surface area contributed by atoms with E-state index in [1.807, 2.05) is 31.0 Å². The first-order valence-electron chi connectivity index (χ1n) is 5.77. The van der Waals surface area contributed by atoms with Gasteiger partial charge >= 0.3 is 0 Å². The minimum Gasteiger partial charge on any atom is -0.382 e. The Balaban J connectivity index is 2.22. The average molecular weight is 226 g/mol. The molecule has 5 nitrogen and oxygen atoms in total. The lowest BCUT2D eigenvalue weighted by Crippen LogP contribution is -2.36. The van der Waals surface area contributed by atoms with Gasteiger partial charge in [-0.3, -0.25) is 16.0 Å². The fourth-order valence-corrected chi connectivity index (χ4v) is 1.62. The van der Waals surface area contributed by atoms with Crippen molar-refractivity contribution in [2.24, 2.45) is 12.9 Å². The fraction of sp³-hybridized carbons (Fsp3) is 0.727. The highest BCUT2D eigenvalue weighted by Gasteiger charge is 2.07. The van der Waals surface area contributed by atoms with Gasteiger partial charge in [0.1, 0.15) is 0 Å². The van der Waals surface area contributed by atoms with E-state index in [2.05, 4.69) is 10.5 Å². The molecule has 0 saturated heterocycles. The van der Waals surface area contributed by atoms with Crippen molar-refractivity contribution < 1.29 is 4.74 Å². The van der Waals surface area contributed by atoms with Crippen molar-refractivity contribution in [2.45, 2.75) is 32.2 Å². The zero-order valence-electron chi connectivity index (χ0n) is 10.1. The highest BCUT2D eigenvalue weighted by molar-refractivity contribution is 5.03. The number of hydrazine groups is 1. The Kier molecular flexibility index (Phi) is 6.07. The van der Waals surface area contributed by atoms with Crippen LogP contribution in [-0.2, 0) is 18.2 Å². The summed E-state index contributed by atoms with van der Waals surface area (Å²) in [7, 11) is 1.93. The summed E-state index contributed by atoms with van der Waals surface area (Å²) in [4.78, 5) is 0. The van der Waals surface area contributed by atoms with Gasteiger partial charge in [-0.2, -0.15) is 5.10 Å². The molecule has 0 aliphatic heterocycles. The van der Waals surface area contributed by atoms with E-state index in [-0.39, 0.29) is 0 Å². The SMILES string of the molecule is CCOCCC(CCc1cnn(C)c1)NN. The first kappa shape index (κ1) is 13.2. The molecule has 1 rings (SSSR count). The van der Waals surface area contributed by atoms with Gasteiger partial charge in [-0.25, -0.2) is 0 Å². The van der Waals surface area contributed by atoms with Crippen molar-refractivity contribution in [1.82, 2.24) is 15.2 Å². The Bertz CT molecular complexity index is 287. The molecule has 0 bridgehead atoms. The van der Waals surface area contributed by atoms with Gasteiger partial charge in [-0.05, 0) is 31.7 Å². The summed E-state index contributed by atoms with van der Waals surface area (Å²) in [5, 5.41) is 4.14. The van der Waals surface area contributed by atoms with E-state index < -0.39 is 0 Å². The van der Waals surface area contributed by atoms with Crippen LogP contribution >= 0.6 is 0 Å². The van der Waals surface area contributed by atoms with Crippen LogP contribution in [0.25, 0.3) is 0 Å². The zero-order chi connectivity index (χ0) is 11.8. The van der Waals surface area contributed by atoms with Gasteiger partial charge in [0.25, 0.3) is 0 Å². The molecule has 0 aliphatic rings. The topological polar surface area (TPSA) is 65.1 Å². The summed E-state index contributed by atoms with van der Waals surface area (Å²) >= 11 is 0. The number of rotatable bonds is 8. The van der Waals surface area contributed by atoms with E-state index in [0.29, 0.717) is 6.04 Å². The van der Waals surface area contributed by atoms with Crippen molar-refractivity contribution in [1.29, 1.82) is 0 Å². The van der Waals surface area contributed by atoms with Gasteiger partial charge in [0.15, 0.2) is 0 Å². The molecule has 0 radical (unpaired) electrons. The van der Waals surface area contributed by atoms with Crippen LogP contribution in [0.5, 0.6) is 0 Å².